The van der Waals surface area contributed by atoms with E-state index in [0.717, 1.165) is 31.6 Å². The first kappa shape index (κ1) is 14.1. The Balaban J connectivity index is 1.52. The molecule has 6 heteroatoms. The molecule has 2 aromatic heterocycles. The maximum atomic E-state index is 5.24. The third-order valence-corrected chi connectivity index (χ3v) is 4.28. The summed E-state index contributed by atoms with van der Waals surface area (Å²) in [5.41, 5.74) is 4.83. The van der Waals surface area contributed by atoms with Gasteiger partial charge < -0.3 is 4.52 Å². The van der Waals surface area contributed by atoms with Crippen molar-refractivity contribution in [1.82, 2.24) is 25.2 Å². The van der Waals surface area contributed by atoms with Crippen LogP contribution in [0, 0.1) is 6.92 Å². The minimum atomic E-state index is 0.689. The Morgan fingerprint density at radius 1 is 1.17 bits per heavy atom. The molecule has 0 spiro atoms. The molecule has 1 aromatic carbocycles. The lowest BCUT2D eigenvalue weighted by Crippen LogP contribution is -2.26. The largest absolute Gasteiger partial charge is 0.338 e. The second-order valence-electron chi connectivity index (χ2n) is 5.91. The summed E-state index contributed by atoms with van der Waals surface area (Å²) in [6, 6.07) is 10.4. The summed E-state index contributed by atoms with van der Waals surface area (Å²) in [6.45, 7) is 4.48. The molecule has 1 aliphatic heterocycles. The van der Waals surface area contributed by atoms with Gasteiger partial charge in [-0.3, -0.25) is 10.00 Å². The molecule has 118 valence electrons. The average Bonchev–Trinajstić information content (AvgIpc) is 3.11. The summed E-state index contributed by atoms with van der Waals surface area (Å²) in [5, 5.41) is 11.6. The van der Waals surface area contributed by atoms with E-state index >= 15 is 0 Å². The molecule has 0 unspecified atom stereocenters. The van der Waals surface area contributed by atoms with Gasteiger partial charge in [0, 0.05) is 36.3 Å². The lowest BCUT2D eigenvalue weighted by atomic mass is 10.0. The van der Waals surface area contributed by atoms with Gasteiger partial charge in [-0.25, -0.2) is 0 Å². The number of aryl methyl sites for hydroxylation is 1. The lowest BCUT2D eigenvalue weighted by molar-refractivity contribution is 0.234. The summed E-state index contributed by atoms with van der Waals surface area (Å²) in [7, 11) is 0. The Bertz CT molecular complexity index is 792. The number of nitrogens with one attached hydrogen (secondary N) is 1. The predicted octanol–water partition coefficient (Wildman–Crippen LogP) is 2.37. The molecule has 4 rings (SSSR count). The minimum Gasteiger partial charge on any atom is -0.338 e. The fourth-order valence-electron chi connectivity index (χ4n) is 3.12. The Morgan fingerprint density at radius 3 is 2.78 bits per heavy atom. The quantitative estimate of drug-likeness (QED) is 0.804. The topological polar surface area (TPSA) is 70.8 Å². The zero-order chi connectivity index (χ0) is 15.6. The lowest BCUT2D eigenvalue weighted by Gasteiger charge is -2.17. The number of rotatable bonds is 3. The molecule has 0 fully saturated rings. The van der Waals surface area contributed by atoms with E-state index in [1.807, 2.05) is 13.0 Å². The van der Waals surface area contributed by atoms with Gasteiger partial charge >= 0.3 is 0 Å². The van der Waals surface area contributed by atoms with E-state index < -0.39 is 0 Å². The SMILES string of the molecule is Cc1noc(CN2CCc3[nH]nc(-c4ccccc4)c3CC2)n1. The van der Waals surface area contributed by atoms with E-state index in [9.17, 15) is 0 Å². The summed E-state index contributed by atoms with van der Waals surface area (Å²) in [5.74, 6) is 1.38. The Hall–Kier alpha value is -2.47. The van der Waals surface area contributed by atoms with Gasteiger partial charge in [0.2, 0.25) is 5.89 Å². The zero-order valence-electron chi connectivity index (χ0n) is 13.1. The zero-order valence-corrected chi connectivity index (χ0v) is 13.1. The second-order valence-corrected chi connectivity index (χ2v) is 5.91. The van der Waals surface area contributed by atoms with Gasteiger partial charge in [0.1, 0.15) is 0 Å². The summed E-state index contributed by atoms with van der Waals surface area (Å²) < 4.78 is 5.24. The van der Waals surface area contributed by atoms with Crippen molar-refractivity contribution in [3.8, 4) is 11.3 Å². The average molecular weight is 309 g/mol. The number of nitrogens with zero attached hydrogens (tertiary/aromatic N) is 4. The standard InChI is InChI=1S/C17H19N5O/c1-12-18-16(23-21-12)11-22-9-7-14-15(8-10-22)19-20-17(14)13-5-3-2-4-6-13/h2-6H,7-11H2,1H3,(H,19,20). The van der Waals surface area contributed by atoms with Crippen molar-refractivity contribution in [2.24, 2.45) is 0 Å². The number of fused-ring (bicyclic) bond motifs is 1. The van der Waals surface area contributed by atoms with Crippen LogP contribution in [0.4, 0.5) is 0 Å². The Morgan fingerprint density at radius 2 is 2.00 bits per heavy atom. The van der Waals surface area contributed by atoms with Crippen LogP contribution in [0.3, 0.4) is 0 Å². The van der Waals surface area contributed by atoms with Crippen molar-refractivity contribution in [2.75, 3.05) is 13.1 Å². The monoisotopic (exact) mass is 309 g/mol. The van der Waals surface area contributed by atoms with Crippen LogP contribution in [0.2, 0.25) is 0 Å². The van der Waals surface area contributed by atoms with Crippen LogP contribution in [-0.2, 0) is 19.4 Å². The van der Waals surface area contributed by atoms with Gasteiger partial charge in [0.25, 0.3) is 0 Å². The summed E-state index contributed by atoms with van der Waals surface area (Å²) >= 11 is 0. The highest BCUT2D eigenvalue weighted by atomic mass is 16.5. The normalized spacial score (nSPS) is 15.3. The van der Waals surface area contributed by atoms with E-state index in [0.29, 0.717) is 18.3 Å². The van der Waals surface area contributed by atoms with Crippen molar-refractivity contribution in [1.29, 1.82) is 0 Å². The van der Waals surface area contributed by atoms with Gasteiger partial charge in [-0.15, -0.1) is 0 Å². The van der Waals surface area contributed by atoms with Crippen molar-refractivity contribution in [3.63, 3.8) is 0 Å². The third kappa shape index (κ3) is 2.90. The fraction of sp³-hybridized carbons (Fsp3) is 0.353. The number of H-pyrrole nitrogens is 1. The van der Waals surface area contributed by atoms with E-state index in [4.69, 9.17) is 4.52 Å². The summed E-state index contributed by atoms with van der Waals surface area (Å²) in [6.07, 6.45) is 1.94. The van der Waals surface area contributed by atoms with Crippen LogP contribution >= 0.6 is 0 Å². The van der Waals surface area contributed by atoms with E-state index in [2.05, 4.69) is 49.5 Å². The first-order valence-electron chi connectivity index (χ1n) is 7.92. The molecule has 0 saturated carbocycles. The van der Waals surface area contributed by atoms with E-state index in [1.165, 1.54) is 16.8 Å². The number of hydrogen-bond donors (Lipinski definition) is 1. The molecule has 0 radical (unpaired) electrons. The van der Waals surface area contributed by atoms with Gasteiger partial charge in [-0.1, -0.05) is 35.5 Å². The first-order chi connectivity index (χ1) is 11.3. The fourth-order valence-corrected chi connectivity index (χ4v) is 3.12. The Labute approximate surface area is 134 Å². The molecule has 3 heterocycles. The molecule has 0 atom stereocenters. The molecule has 6 nitrogen and oxygen atoms in total. The van der Waals surface area contributed by atoms with Crippen molar-refractivity contribution in [3.05, 3.63) is 53.3 Å². The number of hydrogen-bond acceptors (Lipinski definition) is 5. The molecule has 0 bridgehead atoms. The highest BCUT2D eigenvalue weighted by Crippen LogP contribution is 2.26. The van der Waals surface area contributed by atoms with E-state index in [1.54, 1.807) is 0 Å². The van der Waals surface area contributed by atoms with Crippen LogP contribution < -0.4 is 0 Å². The third-order valence-electron chi connectivity index (χ3n) is 4.28. The van der Waals surface area contributed by atoms with Crippen LogP contribution in [0.25, 0.3) is 11.3 Å². The van der Waals surface area contributed by atoms with Gasteiger partial charge in [0.05, 0.1) is 12.2 Å². The number of aromatic amines is 1. The van der Waals surface area contributed by atoms with E-state index in [-0.39, 0.29) is 0 Å². The highest BCUT2D eigenvalue weighted by Gasteiger charge is 2.21. The second kappa shape index (κ2) is 5.96. The number of benzene rings is 1. The minimum absolute atomic E-state index is 0.689. The van der Waals surface area contributed by atoms with Crippen molar-refractivity contribution in [2.45, 2.75) is 26.3 Å². The molecule has 1 aliphatic rings. The molecule has 3 aromatic rings. The highest BCUT2D eigenvalue weighted by molar-refractivity contribution is 5.64. The van der Waals surface area contributed by atoms with Crippen LogP contribution in [0.1, 0.15) is 23.0 Å². The first-order valence-corrected chi connectivity index (χ1v) is 7.92. The molecule has 0 amide bonds. The molecule has 1 N–H and O–H groups in total. The number of aromatic nitrogens is 4. The maximum Gasteiger partial charge on any atom is 0.240 e. The summed E-state index contributed by atoms with van der Waals surface area (Å²) in [4.78, 5) is 6.65. The van der Waals surface area contributed by atoms with Crippen LogP contribution in [-0.4, -0.2) is 38.3 Å². The maximum absolute atomic E-state index is 5.24. The molecule has 0 aliphatic carbocycles. The predicted molar refractivity (Wildman–Crippen MR) is 85.7 cm³/mol. The molecular weight excluding hydrogens is 290 g/mol. The Kier molecular flexibility index (Phi) is 3.67. The smallest absolute Gasteiger partial charge is 0.240 e. The van der Waals surface area contributed by atoms with Gasteiger partial charge in [-0.05, 0) is 13.3 Å². The van der Waals surface area contributed by atoms with Crippen LogP contribution in [0.5, 0.6) is 0 Å². The van der Waals surface area contributed by atoms with Crippen molar-refractivity contribution >= 4 is 0 Å². The van der Waals surface area contributed by atoms with Crippen molar-refractivity contribution < 1.29 is 4.52 Å². The molecular formula is C17H19N5O. The molecule has 23 heavy (non-hydrogen) atoms. The van der Waals surface area contributed by atoms with Gasteiger partial charge in [0.15, 0.2) is 5.82 Å². The van der Waals surface area contributed by atoms with Crippen LogP contribution in [0.15, 0.2) is 34.9 Å². The van der Waals surface area contributed by atoms with Gasteiger partial charge in [-0.2, -0.15) is 10.1 Å². The molecule has 0 saturated heterocycles.